The van der Waals surface area contributed by atoms with E-state index in [-0.39, 0.29) is 5.54 Å². The minimum atomic E-state index is -0.530. The van der Waals surface area contributed by atoms with Gasteiger partial charge in [0.1, 0.15) is 5.75 Å². The van der Waals surface area contributed by atoms with Crippen molar-refractivity contribution in [3.63, 3.8) is 0 Å². The Morgan fingerprint density at radius 3 is 3.06 bits per heavy atom. The molecule has 18 heavy (non-hydrogen) atoms. The Bertz CT molecular complexity index is 388. The highest BCUT2D eigenvalue weighted by Gasteiger charge is 2.29. The number of nitrogens with one attached hydrogen (secondary N) is 1. The van der Waals surface area contributed by atoms with E-state index in [1.165, 1.54) is 0 Å². The van der Waals surface area contributed by atoms with E-state index < -0.39 is 6.10 Å². The van der Waals surface area contributed by atoms with Crippen molar-refractivity contribution in [3.05, 3.63) is 29.8 Å². The number of aliphatic hydroxyl groups is 1. The molecule has 1 aliphatic heterocycles. The van der Waals surface area contributed by atoms with Gasteiger partial charge < -0.3 is 19.9 Å². The first-order valence-corrected chi connectivity index (χ1v) is 6.28. The maximum Gasteiger partial charge on any atom is 0.119 e. The second-order valence-electron chi connectivity index (χ2n) is 5.04. The van der Waals surface area contributed by atoms with E-state index in [9.17, 15) is 5.11 Å². The average molecular weight is 251 g/mol. The molecule has 1 aliphatic rings. The Morgan fingerprint density at radius 2 is 2.39 bits per heavy atom. The summed E-state index contributed by atoms with van der Waals surface area (Å²) in [6.45, 7) is 4.14. The van der Waals surface area contributed by atoms with E-state index >= 15 is 0 Å². The van der Waals surface area contributed by atoms with Gasteiger partial charge in [-0.1, -0.05) is 12.1 Å². The Kier molecular flexibility index (Phi) is 4.22. The minimum Gasteiger partial charge on any atom is -0.497 e. The van der Waals surface area contributed by atoms with Crippen LogP contribution in [0.5, 0.6) is 5.75 Å². The zero-order valence-corrected chi connectivity index (χ0v) is 11.0. The number of hydrogen-bond acceptors (Lipinski definition) is 4. The fourth-order valence-electron chi connectivity index (χ4n) is 2.12. The van der Waals surface area contributed by atoms with Crippen molar-refractivity contribution < 1.29 is 14.6 Å². The van der Waals surface area contributed by atoms with Crippen LogP contribution in [0.2, 0.25) is 0 Å². The van der Waals surface area contributed by atoms with E-state index in [0.29, 0.717) is 13.2 Å². The standard InChI is InChI=1S/C14H21NO3/c1-14(6-7-18-10-14)15-9-13(16)11-4-3-5-12(8-11)17-2/h3-5,8,13,15-16H,6-7,9-10H2,1-2H3. The van der Waals surface area contributed by atoms with Crippen LogP contribution in [-0.4, -0.2) is 37.5 Å². The van der Waals surface area contributed by atoms with Crippen LogP contribution in [0.15, 0.2) is 24.3 Å². The second kappa shape index (κ2) is 5.69. The van der Waals surface area contributed by atoms with Crippen LogP contribution in [0.1, 0.15) is 25.0 Å². The van der Waals surface area contributed by atoms with E-state index in [2.05, 4.69) is 12.2 Å². The lowest BCUT2D eigenvalue weighted by Crippen LogP contribution is -2.44. The molecule has 2 atom stereocenters. The van der Waals surface area contributed by atoms with Crippen molar-refractivity contribution in [2.24, 2.45) is 0 Å². The largest absolute Gasteiger partial charge is 0.497 e. The van der Waals surface area contributed by atoms with Gasteiger partial charge >= 0.3 is 0 Å². The molecule has 0 spiro atoms. The molecular formula is C14H21NO3. The number of β-amino-alcohol motifs (C(OH)–C–C–N with tert-alkyl or cyclic N) is 1. The van der Waals surface area contributed by atoms with Crippen molar-refractivity contribution in [2.75, 3.05) is 26.9 Å². The molecule has 1 saturated heterocycles. The molecule has 0 bridgehead atoms. The van der Waals surface area contributed by atoms with Crippen LogP contribution in [-0.2, 0) is 4.74 Å². The lowest BCUT2D eigenvalue weighted by molar-refractivity contribution is 0.141. The summed E-state index contributed by atoms with van der Waals surface area (Å²) in [6.07, 6.45) is 0.454. The van der Waals surface area contributed by atoms with Crippen LogP contribution < -0.4 is 10.1 Å². The topological polar surface area (TPSA) is 50.7 Å². The molecule has 0 radical (unpaired) electrons. The summed E-state index contributed by atoms with van der Waals surface area (Å²) in [6, 6.07) is 7.52. The summed E-state index contributed by atoms with van der Waals surface area (Å²) in [5.41, 5.74) is 0.851. The molecule has 1 heterocycles. The minimum absolute atomic E-state index is 0.0140. The van der Waals surface area contributed by atoms with Crippen molar-refractivity contribution in [1.82, 2.24) is 5.32 Å². The van der Waals surface area contributed by atoms with Crippen molar-refractivity contribution in [3.8, 4) is 5.75 Å². The molecule has 1 aromatic rings. The number of methoxy groups -OCH3 is 1. The number of hydrogen-bond donors (Lipinski definition) is 2. The Balaban J connectivity index is 1.92. The lowest BCUT2D eigenvalue weighted by atomic mass is 10.0. The van der Waals surface area contributed by atoms with Gasteiger partial charge in [0.25, 0.3) is 0 Å². The van der Waals surface area contributed by atoms with Crippen LogP contribution in [0.25, 0.3) is 0 Å². The van der Waals surface area contributed by atoms with Gasteiger partial charge in [0.05, 0.1) is 19.8 Å². The first-order chi connectivity index (χ1) is 8.63. The maximum atomic E-state index is 10.2. The normalized spacial score (nSPS) is 25.1. The summed E-state index contributed by atoms with van der Waals surface area (Å²) in [7, 11) is 1.63. The van der Waals surface area contributed by atoms with Gasteiger partial charge in [-0.2, -0.15) is 0 Å². The lowest BCUT2D eigenvalue weighted by Gasteiger charge is -2.25. The number of benzene rings is 1. The third-order valence-corrected chi connectivity index (χ3v) is 3.42. The molecule has 2 rings (SSSR count). The highest BCUT2D eigenvalue weighted by atomic mass is 16.5. The fourth-order valence-corrected chi connectivity index (χ4v) is 2.12. The molecule has 4 heteroatoms. The Hall–Kier alpha value is -1.10. The molecule has 0 aliphatic carbocycles. The molecule has 1 aromatic carbocycles. The summed E-state index contributed by atoms with van der Waals surface area (Å²) < 4.78 is 10.5. The van der Waals surface area contributed by atoms with Crippen molar-refractivity contribution in [2.45, 2.75) is 25.0 Å². The van der Waals surface area contributed by atoms with Gasteiger partial charge in [-0.05, 0) is 31.0 Å². The van der Waals surface area contributed by atoms with Gasteiger partial charge in [-0.15, -0.1) is 0 Å². The van der Waals surface area contributed by atoms with E-state index in [1.807, 2.05) is 24.3 Å². The van der Waals surface area contributed by atoms with E-state index in [1.54, 1.807) is 7.11 Å². The number of aliphatic hydroxyl groups excluding tert-OH is 1. The Labute approximate surface area is 108 Å². The summed E-state index contributed by atoms with van der Waals surface area (Å²) in [5, 5.41) is 13.5. The van der Waals surface area contributed by atoms with Crippen molar-refractivity contribution >= 4 is 0 Å². The van der Waals surface area contributed by atoms with Crippen LogP contribution in [0.3, 0.4) is 0 Å². The molecule has 0 aromatic heterocycles. The molecule has 1 fully saturated rings. The smallest absolute Gasteiger partial charge is 0.119 e. The highest BCUT2D eigenvalue weighted by Crippen LogP contribution is 2.21. The first-order valence-electron chi connectivity index (χ1n) is 6.28. The molecule has 2 unspecified atom stereocenters. The van der Waals surface area contributed by atoms with Gasteiger partial charge in [0, 0.05) is 18.7 Å². The fraction of sp³-hybridized carbons (Fsp3) is 0.571. The van der Waals surface area contributed by atoms with Gasteiger partial charge in [0.15, 0.2) is 0 Å². The predicted molar refractivity (Wildman–Crippen MR) is 69.8 cm³/mol. The summed E-state index contributed by atoms with van der Waals surface area (Å²) in [4.78, 5) is 0. The predicted octanol–water partition coefficient (Wildman–Crippen LogP) is 1.50. The molecule has 100 valence electrons. The first kappa shape index (κ1) is 13.3. The number of ether oxygens (including phenoxy) is 2. The molecule has 2 N–H and O–H groups in total. The second-order valence-corrected chi connectivity index (χ2v) is 5.04. The zero-order chi connectivity index (χ0) is 13.0. The quantitative estimate of drug-likeness (QED) is 0.832. The van der Waals surface area contributed by atoms with Crippen LogP contribution in [0, 0.1) is 0 Å². The average Bonchev–Trinajstić information content (AvgIpc) is 2.83. The van der Waals surface area contributed by atoms with E-state index in [4.69, 9.17) is 9.47 Å². The molecule has 0 saturated carbocycles. The SMILES string of the molecule is COc1cccc(C(O)CNC2(C)CCOC2)c1. The maximum absolute atomic E-state index is 10.2. The third-order valence-electron chi connectivity index (χ3n) is 3.42. The molecule has 0 amide bonds. The van der Waals surface area contributed by atoms with Crippen molar-refractivity contribution in [1.29, 1.82) is 0 Å². The Morgan fingerprint density at radius 1 is 1.56 bits per heavy atom. The molecule has 4 nitrogen and oxygen atoms in total. The van der Waals surface area contributed by atoms with Gasteiger partial charge in [0.2, 0.25) is 0 Å². The van der Waals surface area contributed by atoms with Crippen LogP contribution in [0.4, 0.5) is 0 Å². The highest BCUT2D eigenvalue weighted by molar-refractivity contribution is 5.29. The van der Waals surface area contributed by atoms with E-state index in [0.717, 1.165) is 24.3 Å². The van der Waals surface area contributed by atoms with Gasteiger partial charge in [-0.25, -0.2) is 0 Å². The summed E-state index contributed by atoms with van der Waals surface area (Å²) >= 11 is 0. The summed E-state index contributed by atoms with van der Waals surface area (Å²) in [5.74, 6) is 0.766. The number of rotatable bonds is 5. The van der Waals surface area contributed by atoms with Crippen LogP contribution >= 0.6 is 0 Å². The molecular weight excluding hydrogens is 230 g/mol. The zero-order valence-electron chi connectivity index (χ0n) is 11.0. The van der Waals surface area contributed by atoms with Gasteiger partial charge in [-0.3, -0.25) is 0 Å². The third kappa shape index (κ3) is 3.22. The monoisotopic (exact) mass is 251 g/mol.